The van der Waals surface area contributed by atoms with Crippen molar-refractivity contribution in [3.8, 4) is 0 Å². The van der Waals surface area contributed by atoms with Gasteiger partial charge in [-0.3, -0.25) is 0 Å². The number of hydrogen-bond acceptors (Lipinski definition) is 3. The lowest BCUT2D eigenvalue weighted by Crippen LogP contribution is -2.34. The van der Waals surface area contributed by atoms with Gasteiger partial charge in [0.05, 0.1) is 0 Å². The molecule has 5 rings (SSSR count). The molecular weight excluding hydrogens is 372 g/mol. The number of hydrogen-bond donors (Lipinski definition) is 0. The van der Waals surface area contributed by atoms with Crippen LogP contribution >= 0.6 is 0 Å². The second-order valence-corrected chi connectivity index (χ2v) is 8.67. The van der Waals surface area contributed by atoms with E-state index in [2.05, 4.69) is 62.4 Å². The fourth-order valence-corrected chi connectivity index (χ4v) is 4.25. The van der Waals surface area contributed by atoms with Crippen LogP contribution in [-0.2, 0) is 25.5 Å². The first kappa shape index (κ1) is 19.1. The lowest BCUT2D eigenvalue weighted by molar-refractivity contribution is -0.151. The smallest absolute Gasteiger partial charge is 0.347 e. The molecule has 0 bridgehead atoms. The van der Waals surface area contributed by atoms with Crippen LogP contribution < -0.4 is 0 Å². The van der Waals surface area contributed by atoms with Crippen molar-refractivity contribution in [1.82, 2.24) is 0 Å². The largest absolute Gasteiger partial charge is 0.460 e. The minimum absolute atomic E-state index is 0.0118. The molecule has 0 amide bonds. The molecule has 0 radical (unpaired) electrons. The van der Waals surface area contributed by atoms with Crippen LogP contribution in [0.5, 0.6) is 0 Å². The summed E-state index contributed by atoms with van der Waals surface area (Å²) in [5.41, 5.74) is 4.14. The summed E-state index contributed by atoms with van der Waals surface area (Å²) >= 11 is 0. The third kappa shape index (κ3) is 2.88. The zero-order valence-electron chi connectivity index (χ0n) is 17.6. The second-order valence-electron chi connectivity index (χ2n) is 8.67. The molecule has 1 heterocycles. The minimum atomic E-state index is -1.19. The van der Waals surface area contributed by atoms with Crippen LogP contribution in [0.25, 0.3) is 0 Å². The van der Waals surface area contributed by atoms with Gasteiger partial charge in [0.15, 0.2) is 5.60 Å². The SMILES string of the molecule is Cc1ccc(C2(C(=O)OC3CC3)OC2(c2ccc(C)cc2)c2ccc(C)cc2)cc1. The number of aryl methyl sites for hydroxylation is 3. The van der Waals surface area contributed by atoms with Gasteiger partial charge in [0.1, 0.15) is 6.10 Å². The Labute approximate surface area is 177 Å². The van der Waals surface area contributed by atoms with E-state index in [0.717, 1.165) is 35.1 Å². The molecule has 3 aromatic rings. The van der Waals surface area contributed by atoms with Crippen LogP contribution in [-0.4, -0.2) is 12.1 Å². The van der Waals surface area contributed by atoms with E-state index in [1.807, 2.05) is 31.2 Å². The van der Waals surface area contributed by atoms with Gasteiger partial charge in [-0.05, 0) is 50.3 Å². The Kier molecular flexibility index (Phi) is 4.33. The number of carbonyl (C=O) groups is 1. The Morgan fingerprint density at radius 1 is 0.733 bits per heavy atom. The molecule has 1 aliphatic heterocycles. The van der Waals surface area contributed by atoms with Crippen molar-refractivity contribution in [2.45, 2.75) is 50.9 Å². The van der Waals surface area contributed by atoms with E-state index in [-0.39, 0.29) is 12.1 Å². The molecule has 3 heteroatoms. The van der Waals surface area contributed by atoms with Gasteiger partial charge in [0.2, 0.25) is 5.60 Å². The van der Waals surface area contributed by atoms with Gasteiger partial charge in [-0.2, -0.15) is 0 Å². The average Bonchev–Trinajstić information content (AvgIpc) is 3.65. The highest BCUT2D eigenvalue weighted by Gasteiger charge is 2.78. The molecule has 1 unspecified atom stereocenters. The predicted octanol–water partition coefficient (Wildman–Crippen LogP) is 5.49. The molecule has 1 aliphatic carbocycles. The van der Waals surface area contributed by atoms with Crippen LogP contribution in [0.3, 0.4) is 0 Å². The van der Waals surface area contributed by atoms with E-state index in [1.165, 1.54) is 11.1 Å². The van der Waals surface area contributed by atoms with Crippen LogP contribution in [0.4, 0.5) is 0 Å². The highest BCUT2D eigenvalue weighted by molar-refractivity contribution is 5.89. The van der Waals surface area contributed by atoms with Gasteiger partial charge in [-0.15, -0.1) is 0 Å². The summed E-state index contributed by atoms with van der Waals surface area (Å²) in [7, 11) is 0. The zero-order chi connectivity index (χ0) is 20.9. The molecule has 1 saturated heterocycles. The highest BCUT2D eigenvalue weighted by atomic mass is 16.7. The Balaban J connectivity index is 1.72. The molecule has 152 valence electrons. The fourth-order valence-electron chi connectivity index (χ4n) is 4.25. The maximum Gasteiger partial charge on any atom is 0.347 e. The van der Waals surface area contributed by atoms with Crippen molar-refractivity contribution < 1.29 is 14.3 Å². The van der Waals surface area contributed by atoms with Crippen molar-refractivity contribution in [2.75, 3.05) is 0 Å². The first-order chi connectivity index (χ1) is 14.5. The maximum atomic E-state index is 13.6. The van der Waals surface area contributed by atoms with E-state index >= 15 is 0 Å². The summed E-state index contributed by atoms with van der Waals surface area (Å²) in [4.78, 5) is 13.6. The minimum Gasteiger partial charge on any atom is -0.460 e. The quantitative estimate of drug-likeness (QED) is 0.422. The first-order valence-electron chi connectivity index (χ1n) is 10.6. The molecule has 0 spiro atoms. The van der Waals surface area contributed by atoms with Crippen molar-refractivity contribution in [3.63, 3.8) is 0 Å². The maximum absolute atomic E-state index is 13.6. The molecular formula is C27H26O3. The molecule has 2 aliphatic rings. The summed E-state index contributed by atoms with van der Waals surface area (Å²) in [6, 6.07) is 24.6. The second kappa shape index (κ2) is 6.82. The number of benzene rings is 3. The summed E-state index contributed by atoms with van der Waals surface area (Å²) in [6.07, 6.45) is 1.87. The summed E-state index contributed by atoms with van der Waals surface area (Å²) in [5.74, 6) is -0.296. The summed E-state index contributed by atoms with van der Waals surface area (Å²) < 4.78 is 12.4. The first-order valence-corrected chi connectivity index (χ1v) is 10.6. The average molecular weight is 399 g/mol. The molecule has 1 atom stereocenters. The predicted molar refractivity (Wildman–Crippen MR) is 116 cm³/mol. The lowest BCUT2D eigenvalue weighted by atomic mass is 9.76. The van der Waals surface area contributed by atoms with Gasteiger partial charge in [0, 0.05) is 0 Å². The van der Waals surface area contributed by atoms with Crippen molar-refractivity contribution >= 4 is 5.97 Å². The normalized spacial score (nSPS) is 21.8. The molecule has 2 fully saturated rings. The van der Waals surface area contributed by atoms with Gasteiger partial charge >= 0.3 is 5.97 Å². The van der Waals surface area contributed by atoms with Crippen molar-refractivity contribution in [2.24, 2.45) is 0 Å². The fraction of sp³-hybridized carbons (Fsp3) is 0.296. The van der Waals surface area contributed by atoms with E-state index in [1.54, 1.807) is 0 Å². The Morgan fingerprint density at radius 3 is 1.53 bits per heavy atom. The lowest BCUT2D eigenvalue weighted by Gasteiger charge is -2.21. The number of esters is 1. The van der Waals surface area contributed by atoms with E-state index in [9.17, 15) is 4.79 Å². The zero-order valence-corrected chi connectivity index (χ0v) is 17.6. The van der Waals surface area contributed by atoms with Crippen LogP contribution in [0.15, 0.2) is 72.8 Å². The van der Waals surface area contributed by atoms with Crippen LogP contribution in [0.2, 0.25) is 0 Å². The topological polar surface area (TPSA) is 38.8 Å². The van der Waals surface area contributed by atoms with Gasteiger partial charge in [-0.25, -0.2) is 4.79 Å². The van der Waals surface area contributed by atoms with E-state index in [0.29, 0.717) is 0 Å². The Bertz CT molecular complexity index is 1030. The molecule has 0 aromatic heterocycles. The highest BCUT2D eigenvalue weighted by Crippen LogP contribution is 2.66. The van der Waals surface area contributed by atoms with Crippen molar-refractivity contribution in [1.29, 1.82) is 0 Å². The number of rotatable bonds is 5. The molecule has 30 heavy (non-hydrogen) atoms. The Hall–Kier alpha value is -2.91. The molecule has 1 saturated carbocycles. The van der Waals surface area contributed by atoms with Gasteiger partial charge in [0.25, 0.3) is 0 Å². The van der Waals surface area contributed by atoms with Crippen molar-refractivity contribution in [3.05, 3.63) is 106 Å². The molecule has 3 aromatic carbocycles. The van der Waals surface area contributed by atoms with Crippen LogP contribution in [0.1, 0.15) is 46.2 Å². The standard InChI is InChI=1S/C27H26O3/c1-18-4-10-21(11-5-18)26(22-12-6-19(2)7-13-22)27(30-26,25(28)29-24-16-17-24)23-14-8-20(3)9-15-23/h4-15,24H,16-17H2,1-3H3. The number of carbonyl (C=O) groups excluding carboxylic acids is 1. The Morgan fingerprint density at radius 2 is 1.13 bits per heavy atom. The molecule has 3 nitrogen and oxygen atoms in total. The van der Waals surface area contributed by atoms with Gasteiger partial charge in [-0.1, -0.05) is 89.5 Å². The van der Waals surface area contributed by atoms with Gasteiger partial charge < -0.3 is 9.47 Å². The van der Waals surface area contributed by atoms with E-state index < -0.39 is 11.2 Å². The monoisotopic (exact) mass is 398 g/mol. The van der Waals surface area contributed by atoms with E-state index in [4.69, 9.17) is 9.47 Å². The third-order valence-electron chi connectivity index (χ3n) is 6.22. The summed E-state index contributed by atoms with van der Waals surface area (Å²) in [5, 5.41) is 0. The summed E-state index contributed by atoms with van der Waals surface area (Å²) in [6.45, 7) is 6.16. The third-order valence-corrected chi connectivity index (χ3v) is 6.22. The molecule has 0 N–H and O–H groups in total. The number of ether oxygens (including phenoxy) is 2. The number of epoxide rings is 1. The van der Waals surface area contributed by atoms with Crippen LogP contribution in [0, 0.1) is 20.8 Å².